The lowest BCUT2D eigenvalue weighted by molar-refractivity contribution is 0.409. The number of methoxy groups -OCH3 is 1. The van der Waals surface area contributed by atoms with Gasteiger partial charge in [-0.05, 0) is 45.4 Å². The van der Waals surface area contributed by atoms with Gasteiger partial charge in [0.1, 0.15) is 5.75 Å². The van der Waals surface area contributed by atoms with E-state index in [1.165, 1.54) is 5.56 Å². The zero-order chi connectivity index (χ0) is 13.6. The van der Waals surface area contributed by atoms with Gasteiger partial charge in [0, 0.05) is 24.7 Å². The van der Waals surface area contributed by atoms with Crippen molar-refractivity contribution in [1.82, 2.24) is 10.6 Å². The van der Waals surface area contributed by atoms with Crippen molar-refractivity contribution in [3.05, 3.63) is 29.8 Å². The van der Waals surface area contributed by atoms with Crippen LogP contribution in [-0.2, 0) is 0 Å². The fourth-order valence-corrected chi connectivity index (χ4v) is 1.75. The molecule has 2 N–H and O–H groups in total. The van der Waals surface area contributed by atoms with Crippen molar-refractivity contribution in [2.45, 2.75) is 39.3 Å². The Kier molecular flexibility index (Phi) is 5.63. The van der Waals surface area contributed by atoms with Gasteiger partial charge in [-0.3, -0.25) is 0 Å². The van der Waals surface area contributed by atoms with E-state index in [1.807, 2.05) is 12.1 Å². The molecule has 1 unspecified atom stereocenters. The van der Waals surface area contributed by atoms with Gasteiger partial charge < -0.3 is 15.4 Å². The fraction of sp³-hybridized carbons (Fsp3) is 0.600. The van der Waals surface area contributed by atoms with Crippen molar-refractivity contribution in [1.29, 1.82) is 0 Å². The number of ether oxygens (including phenoxy) is 1. The summed E-state index contributed by atoms with van der Waals surface area (Å²) in [7, 11) is 1.70. The summed E-state index contributed by atoms with van der Waals surface area (Å²) in [5.41, 5.74) is 1.44. The van der Waals surface area contributed by atoms with Gasteiger partial charge in [0.2, 0.25) is 0 Å². The van der Waals surface area contributed by atoms with Crippen LogP contribution in [0.4, 0.5) is 0 Å². The zero-order valence-corrected chi connectivity index (χ0v) is 12.2. The van der Waals surface area contributed by atoms with Crippen LogP contribution in [-0.4, -0.2) is 25.7 Å². The normalized spacial score (nSPS) is 13.4. The third-order valence-corrected chi connectivity index (χ3v) is 2.82. The lowest BCUT2D eigenvalue weighted by atomic mass is 10.1. The van der Waals surface area contributed by atoms with Gasteiger partial charge in [-0.1, -0.05) is 12.1 Å². The van der Waals surface area contributed by atoms with Crippen LogP contribution in [0, 0.1) is 0 Å². The molecule has 0 saturated heterocycles. The predicted octanol–water partition coefficient (Wildman–Crippen LogP) is 2.73. The molecule has 0 radical (unpaired) electrons. The van der Waals surface area contributed by atoms with Crippen molar-refractivity contribution >= 4 is 0 Å². The Morgan fingerprint density at radius 3 is 2.56 bits per heavy atom. The molecule has 3 nitrogen and oxygen atoms in total. The van der Waals surface area contributed by atoms with Crippen molar-refractivity contribution in [2.24, 2.45) is 0 Å². The Labute approximate surface area is 111 Å². The molecule has 1 aromatic carbocycles. The highest BCUT2D eigenvalue weighted by atomic mass is 16.5. The zero-order valence-electron chi connectivity index (χ0n) is 12.2. The van der Waals surface area contributed by atoms with Crippen molar-refractivity contribution in [2.75, 3.05) is 20.2 Å². The standard InChI is InChI=1S/C15H26N2O/c1-12(16-9-10-17-15(2,3)4)13-7-6-8-14(11-13)18-5/h6-8,11-12,16-17H,9-10H2,1-5H3. The van der Waals surface area contributed by atoms with Crippen LogP contribution >= 0.6 is 0 Å². The van der Waals surface area contributed by atoms with Crippen molar-refractivity contribution in [3.63, 3.8) is 0 Å². The molecule has 0 saturated carbocycles. The molecule has 3 heteroatoms. The smallest absolute Gasteiger partial charge is 0.119 e. The Balaban J connectivity index is 2.38. The third kappa shape index (κ3) is 5.52. The second-order valence-corrected chi connectivity index (χ2v) is 5.63. The maximum absolute atomic E-state index is 5.24. The first-order valence-corrected chi connectivity index (χ1v) is 6.55. The minimum absolute atomic E-state index is 0.181. The summed E-state index contributed by atoms with van der Waals surface area (Å²) in [6.45, 7) is 10.6. The van der Waals surface area contributed by atoms with Crippen LogP contribution < -0.4 is 15.4 Å². The summed E-state index contributed by atoms with van der Waals surface area (Å²) >= 11 is 0. The van der Waals surface area contributed by atoms with Gasteiger partial charge in [-0.25, -0.2) is 0 Å². The highest BCUT2D eigenvalue weighted by Gasteiger charge is 2.09. The van der Waals surface area contributed by atoms with Gasteiger partial charge in [0.15, 0.2) is 0 Å². The van der Waals surface area contributed by atoms with E-state index in [4.69, 9.17) is 4.74 Å². The molecule has 0 aromatic heterocycles. The van der Waals surface area contributed by atoms with Crippen LogP contribution in [0.2, 0.25) is 0 Å². The molecule has 0 aliphatic rings. The van der Waals surface area contributed by atoms with E-state index in [0.29, 0.717) is 6.04 Å². The number of hydrogen-bond donors (Lipinski definition) is 2. The summed E-state index contributed by atoms with van der Waals surface area (Å²) in [5.74, 6) is 0.911. The van der Waals surface area contributed by atoms with Gasteiger partial charge in [-0.2, -0.15) is 0 Å². The van der Waals surface area contributed by atoms with Crippen LogP contribution in [0.1, 0.15) is 39.3 Å². The molecule has 1 aromatic rings. The SMILES string of the molecule is COc1cccc(C(C)NCCNC(C)(C)C)c1. The summed E-state index contributed by atoms with van der Waals surface area (Å²) < 4.78 is 5.24. The number of benzene rings is 1. The predicted molar refractivity (Wildman–Crippen MR) is 77.2 cm³/mol. The van der Waals surface area contributed by atoms with Crippen LogP contribution in [0.5, 0.6) is 5.75 Å². The highest BCUT2D eigenvalue weighted by molar-refractivity contribution is 5.30. The molecule has 0 amide bonds. The molecule has 0 aliphatic heterocycles. The second-order valence-electron chi connectivity index (χ2n) is 5.63. The number of rotatable bonds is 6. The van der Waals surface area contributed by atoms with Gasteiger partial charge in [0.05, 0.1) is 7.11 Å². The van der Waals surface area contributed by atoms with E-state index in [1.54, 1.807) is 7.11 Å². The molecule has 0 spiro atoms. The maximum atomic E-state index is 5.24. The summed E-state index contributed by atoms with van der Waals surface area (Å²) in [4.78, 5) is 0. The Morgan fingerprint density at radius 1 is 1.22 bits per heavy atom. The molecule has 1 rings (SSSR count). The lowest BCUT2D eigenvalue weighted by Crippen LogP contribution is -2.40. The maximum Gasteiger partial charge on any atom is 0.119 e. The summed E-state index contributed by atoms with van der Waals surface area (Å²) in [6, 6.07) is 8.53. The number of nitrogens with one attached hydrogen (secondary N) is 2. The van der Waals surface area contributed by atoms with E-state index in [-0.39, 0.29) is 5.54 Å². The van der Waals surface area contributed by atoms with E-state index >= 15 is 0 Å². The molecule has 0 heterocycles. The summed E-state index contributed by atoms with van der Waals surface area (Å²) in [6.07, 6.45) is 0. The average Bonchev–Trinajstić information content (AvgIpc) is 2.33. The van der Waals surface area contributed by atoms with Gasteiger partial charge in [-0.15, -0.1) is 0 Å². The first-order chi connectivity index (χ1) is 8.42. The monoisotopic (exact) mass is 250 g/mol. The molecule has 1 atom stereocenters. The fourth-order valence-electron chi connectivity index (χ4n) is 1.75. The first kappa shape index (κ1) is 15.0. The van der Waals surface area contributed by atoms with Crippen molar-refractivity contribution < 1.29 is 4.74 Å². The molecule has 18 heavy (non-hydrogen) atoms. The minimum Gasteiger partial charge on any atom is -0.497 e. The van der Waals surface area contributed by atoms with Crippen LogP contribution in [0.25, 0.3) is 0 Å². The molecule has 0 aliphatic carbocycles. The largest absolute Gasteiger partial charge is 0.497 e. The van der Waals surface area contributed by atoms with E-state index in [9.17, 15) is 0 Å². The third-order valence-electron chi connectivity index (χ3n) is 2.82. The average molecular weight is 250 g/mol. The summed E-state index contributed by atoms with van der Waals surface area (Å²) in [5, 5.41) is 6.97. The van der Waals surface area contributed by atoms with Gasteiger partial charge in [0.25, 0.3) is 0 Å². The lowest BCUT2D eigenvalue weighted by Gasteiger charge is -2.22. The molecule has 0 fully saturated rings. The Bertz CT molecular complexity index is 358. The van der Waals surface area contributed by atoms with E-state index < -0.39 is 0 Å². The van der Waals surface area contributed by atoms with Crippen molar-refractivity contribution in [3.8, 4) is 5.75 Å². The second kappa shape index (κ2) is 6.76. The quantitative estimate of drug-likeness (QED) is 0.762. The minimum atomic E-state index is 0.181. The van der Waals surface area contributed by atoms with Crippen LogP contribution in [0.3, 0.4) is 0 Å². The van der Waals surface area contributed by atoms with Gasteiger partial charge >= 0.3 is 0 Å². The molecular weight excluding hydrogens is 224 g/mol. The van der Waals surface area contributed by atoms with E-state index in [0.717, 1.165) is 18.8 Å². The Hall–Kier alpha value is -1.06. The van der Waals surface area contributed by atoms with E-state index in [2.05, 4.69) is 50.5 Å². The molecule has 0 bridgehead atoms. The van der Waals surface area contributed by atoms with Crippen LogP contribution in [0.15, 0.2) is 24.3 Å². The topological polar surface area (TPSA) is 33.3 Å². The molecule has 102 valence electrons. The highest BCUT2D eigenvalue weighted by Crippen LogP contribution is 2.18. The Morgan fingerprint density at radius 2 is 1.94 bits per heavy atom. The molecular formula is C15H26N2O. The number of hydrogen-bond acceptors (Lipinski definition) is 3. The first-order valence-electron chi connectivity index (χ1n) is 6.55.